The largest absolute Gasteiger partial charge is 0.497 e. The van der Waals surface area contributed by atoms with Gasteiger partial charge in [-0.1, -0.05) is 42.5 Å². The van der Waals surface area contributed by atoms with E-state index in [0.29, 0.717) is 6.04 Å². The van der Waals surface area contributed by atoms with Crippen molar-refractivity contribution in [2.45, 2.75) is 32.0 Å². The summed E-state index contributed by atoms with van der Waals surface area (Å²) in [6, 6.07) is 20.0. The van der Waals surface area contributed by atoms with Gasteiger partial charge in [-0.2, -0.15) is 0 Å². The molecule has 0 amide bonds. The van der Waals surface area contributed by atoms with Crippen LogP contribution in [0.15, 0.2) is 54.6 Å². The minimum absolute atomic E-state index is 0.660. The second kappa shape index (κ2) is 7.59. The Bertz CT molecular complexity index is 670. The monoisotopic (exact) mass is 336 g/mol. The average molecular weight is 336 g/mol. The molecule has 3 nitrogen and oxygen atoms in total. The minimum Gasteiger partial charge on any atom is -0.497 e. The van der Waals surface area contributed by atoms with Crippen molar-refractivity contribution in [3.63, 3.8) is 0 Å². The fraction of sp³-hybridized carbons (Fsp3) is 0.455. The van der Waals surface area contributed by atoms with Crippen LogP contribution in [0.4, 0.5) is 0 Å². The molecule has 0 aromatic heterocycles. The Morgan fingerprint density at radius 3 is 2.52 bits per heavy atom. The van der Waals surface area contributed by atoms with E-state index in [9.17, 15) is 0 Å². The van der Waals surface area contributed by atoms with Crippen molar-refractivity contribution in [2.24, 2.45) is 11.8 Å². The lowest BCUT2D eigenvalue weighted by atomic mass is 9.97. The van der Waals surface area contributed by atoms with Crippen molar-refractivity contribution in [1.82, 2.24) is 10.2 Å². The molecule has 0 radical (unpaired) electrons. The molecule has 25 heavy (non-hydrogen) atoms. The quantitative estimate of drug-likeness (QED) is 0.870. The number of fused-ring (bicyclic) bond motifs is 1. The maximum atomic E-state index is 5.24. The van der Waals surface area contributed by atoms with Gasteiger partial charge in [0.25, 0.3) is 0 Å². The normalized spacial score (nSPS) is 25.9. The van der Waals surface area contributed by atoms with Gasteiger partial charge in [0, 0.05) is 32.2 Å². The van der Waals surface area contributed by atoms with Gasteiger partial charge in [-0.05, 0) is 47.9 Å². The summed E-state index contributed by atoms with van der Waals surface area (Å²) in [6.07, 6.45) is 2.70. The van der Waals surface area contributed by atoms with Crippen LogP contribution in [0.5, 0.6) is 5.75 Å². The molecular weight excluding hydrogens is 308 g/mol. The number of likely N-dealkylation sites (tertiary alicyclic amines) is 1. The summed E-state index contributed by atoms with van der Waals surface area (Å²) in [5, 5.41) is 3.82. The third kappa shape index (κ3) is 3.88. The van der Waals surface area contributed by atoms with Gasteiger partial charge in [0.05, 0.1) is 7.11 Å². The van der Waals surface area contributed by atoms with E-state index in [0.717, 1.165) is 30.7 Å². The van der Waals surface area contributed by atoms with Crippen molar-refractivity contribution >= 4 is 0 Å². The lowest BCUT2D eigenvalue weighted by molar-refractivity contribution is 0.288. The molecule has 1 saturated carbocycles. The number of hydrogen-bond donors (Lipinski definition) is 1. The average Bonchev–Trinajstić information content (AvgIpc) is 3.22. The Kier molecular flexibility index (Phi) is 5.04. The van der Waals surface area contributed by atoms with Crippen molar-refractivity contribution in [1.29, 1.82) is 0 Å². The number of nitrogens with one attached hydrogen (secondary N) is 1. The molecule has 2 aliphatic rings. The van der Waals surface area contributed by atoms with E-state index < -0.39 is 0 Å². The SMILES string of the molecule is COc1ccc(CN[C@@H]2CC[C@@H]3CN(Cc4ccccc4)C[C@@H]32)cc1. The summed E-state index contributed by atoms with van der Waals surface area (Å²) in [7, 11) is 1.72. The van der Waals surface area contributed by atoms with Gasteiger partial charge >= 0.3 is 0 Å². The molecule has 0 bridgehead atoms. The topological polar surface area (TPSA) is 24.5 Å². The molecule has 1 heterocycles. The number of hydrogen-bond acceptors (Lipinski definition) is 3. The zero-order valence-corrected chi connectivity index (χ0v) is 15.0. The number of methoxy groups -OCH3 is 1. The fourth-order valence-electron chi connectivity index (χ4n) is 4.57. The Morgan fingerprint density at radius 1 is 0.960 bits per heavy atom. The van der Waals surface area contributed by atoms with Crippen molar-refractivity contribution in [3.8, 4) is 5.75 Å². The van der Waals surface area contributed by atoms with Crippen LogP contribution in [-0.2, 0) is 13.1 Å². The summed E-state index contributed by atoms with van der Waals surface area (Å²) >= 11 is 0. The van der Waals surface area contributed by atoms with E-state index in [1.807, 2.05) is 12.1 Å². The molecule has 2 aromatic rings. The third-order valence-corrected chi connectivity index (χ3v) is 5.91. The van der Waals surface area contributed by atoms with E-state index in [-0.39, 0.29) is 0 Å². The van der Waals surface area contributed by atoms with Crippen molar-refractivity contribution in [2.75, 3.05) is 20.2 Å². The first-order chi connectivity index (χ1) is 12.3. The third-order valence-electron chi connectivity index (χ3n) is 5.91. The van der Waals surface area contributed by atoms with E-state index >= 15 is 0 Å². The minimum atomic E-state index is 0.660. The van der Waals surface area contributed by atoms with Gasteiger partial charge in [-0.3, -0.25) is 4.90 Å². The second-order valence-corrected chi connectivity index (χ2v) is 7.52. The van der Waals surface area contributed by atoms with Crippen LogP contribution in [0, 0.1) is 11.8 Å². The highest BCUT2D eigenvalue weighted by Crippen LogP contribution is 2.38. The lowest BCUT2D eigenvalue weighted by Crippen LogP contribution is -2.35. The zero-order chi connectivity index (χ0) is 17.1. The van der Waals surface area contributed by atoms with Crippen LogP contribution in [0.25, 0.3) is 0 Å². The molecule has 3 heteroatoms. The Hall–Kier alpha value is -1.84. The Labute approximate surface area is 151 Å². The van der Waals surface area contributed by atoms with Crippen LogP contribution >= 0.6 is 0 Å². The predicted molar refractivity (Wildman–Crippen MR) is 102 cm³/mol. The molecule has 1 saturated heterocycles. The number of nitrogens with zero attached hydrogens (tertiary/aromatic N) is 1. The van der Waals surface area contributed by atoms with Gasteiger partial charge in [-0.15, -0.1) is 0 Å². The van der Waals surface area contributed by atoms with Gasteiger partial charge in [0.2, 0.25) is 0 Å². The van der Waals surface area contributed by atoms with E-state index in [1.54, 1.807) is 7.11 Å². The van der Waals surface area contributed by atoms with E-state index in [2.05, 4.69) is 52.7 Å². The highest BCUT2D eigenvalue weighted by atomic mass is 16.5. The van der Waals surface area contributed by atoms with E-state index in [1.165, 1.54) is 37.1 Å². The number of rotatable bonds is 6. The van der Waals surface area contributed by atoms with Gasteiger partial charge in [0.15, 0.2) is 0 Å². The van der Waals surface area contributed by atoms with Crippen molar-refractivity contribution < 1.29 is 4.74 Å². The molecule has 0 unspecified atom stereocenters. The lowest BCUT2D eigenvalue weighted by Gasteiger charge is -2.22. The van der Waals surface area contributed by atoms with Gasteiger partial charge < -0.3 is 10.1 Å². The molecule has 1 N–H and O–H groups in total. The summed E-state index contributed by atoms with van der Waals surface area (Å²) in [5.41, 5.74) is 2.77. The van der Waals surface area contributed by atoms with Gasteiger partial charge in [0.1, 0.15) is 5.75 Å². The predicted octanol–water partition coefficient (Wildman–Crippen LogP) is 3.70. The van der Waals surface area contributed by atoms with Crippen LogP contribution in [0.3, 0.4) is 0 Å². The summed E-state index contributed by atoms with van der Waals surface area (Å²) < 4.78 is 5.24. The van der Waals surface area contributed by atoms with Gasteiger partial charge in [-0.25, -0.2) is 0 Å². The van der Waals surface area contributed by atoms with Crippen LogP contribution in [0.1, 0.15) is 24.0 Å². The Balaban J connectivity index is 1.30. The Morgan fingerprint density at radius 2 is 1.76 bits per heavy atom. The molecule has 4 rings (SSSR count). The van der Waals surface area contributed by atoms with Crippen molar-refractivity contribution in [3.05, 3.63) is 65.7 Å². The first kappa shape index (κ1) is 16.6. The summed E-state index contributed by atoms with van der Waals surface area (Å²) in [6.45, 7) is 4.55. The molecule has 2 fully saturated rings. The fourth-order valence-corrected chi connectivity index (χ4v) is 4.57. The zero-order valence-electron chi connectivity index (χ0n) is 15.0. The molecule has 2 aromatic carbocycles. The molecular formula is C22H28N2O. The molecule has 132 valence electrons. The first-order valence-corrected chi connectivity index (χ1v) is 9.44. The maximum Gasteiger partial charge on any atom is 0.118 e. The van der Waals surface area contributed by atoms with Crippen LogP contribution in [-0.4, -0.2) is 31.1 Å². The highest BCUT2D eigenvalue weighted by molar-refractivity contribution is 5.27. The second-order valence-electron chi connectivity index (χ2n) is 7.52. The van der Waals surface area contributed by atoms with E-state index in [4.69, 9.17) is 4.74 Å². The molecule has 0 spiro atoms. The van der Waals surface area contributed by atoms with Crippen LogP contribution in [0.2, 0.25) is 0 Å². The number of benzene rings is 2. The highest BCUT2D eigenvalue weighted by Gasteiger charge is 2.42. The summed E-state index contributed by atoms with van der Waals surface area (Å²) in [5.74, 6) is 2.61. The van der Waals surface area contributed by atoms with Crippen LogP contribution < -0.4 is 10.1 Å². The molecule has 1 aliphatic heterocycles. The molecule has 1 aliphatic carbocycles. The first-order valence-electron chi connectivity index (χ1n) is 9.44. The maximum absolute atomic E-state index is 5.24. The number of ether oxygens (including phenoxy) is 1. The standard InChI is InChI=1S/C22H28N2O/c1-25-20-10-7-17(8-11-20)13-23-22-12-9-19-15-24(16-21(19)22)14-18-5-3-2-4-6-18/h2-8,10-11,19,21-23H,9,12-16H2,1H3/t19-,21+,22-/m1/s1. The summed E-state index contributed by atoms with van der Waals surface area (Å²) in [4.78, 5) is 2.64. The molecule has 3 atom stereocenters. The smallest absolute Gasteiger partial charge is 0.118 e.